The summed E-state index contributed by atoms with van der Waals surface area (Å²) in [5.41, 5.74) is 17.8. The summed E-state index contributed by atoms with van der Waals surface area (Å²) in [7, 11) is 15.9. The van der Waals surface area contributed by atoms with Crippen LogP contribution in [0.2, 0.25) is 5.11 Å². The minimum atomic E-state index is -1.98. The van der Waals surface area contributed by atoms with Gasteiger partial charge in [0.1, 0.15) is 0 Å². The number of fused-ring (bicyclic) bond motifs is 1. The third-order valence-electron chi connectivity index (χ3n) is 6.99. The maximum Gasteiger partial charge on any atom is 0.205 e. The second-order valence-electron chi connectivity index (χ2n) is 9.95. The molecule has 0 bridgehead atoms. The van der Waals surface area contributed by atoms with E-state index in [0.717, 1.165) is 31.0 Å². The Kier molecular flexibility index (Phi) is 12.7. The lowest BCUT2D eigenvalue weighted by molar-refractivity contribution is -0.115. The first-order valence-electron chi connectivity index (χ1n) is 13.4. The molecule has 2 heterocycles. The second-order valence-corrected chi connectivity index (χ2v) is 9.95. The van der Waals surface area contributed by atoms with Crippen LogP contribution >= 0.6 is 0 Å². The first-order chi connectivity index (χ1) is 17.6. The Labute approximate surface area is 227 Å². The van der Waals surface area contributed by atoms with Gasteiger partial charge in [-0.25, -0.2) is 0 Å². The number of benzene rings is 1. The quantitative estimate of drug-likeness (QED) is 0.352. The SMILES string of the molecule is C1CC2CN(CC3CCOCC3)CC2C1.CC.[B]C([B])([B])C(=O)Nc1ccccc1/C(N)=C/C=C(N)N. The van der Waals surface area contributed by atoms with Crippen LogP contribution in [-0.2, 0) is 9.53 Å². The van der Waals surface area contributed by atoms with Gasteiger partial charge in [-0.1, -0.05) is 43.6 Å². The minimum absolute atomic E-state index is 0.111. The predicted octanol–water partition coefficient (Wildman–Crippen LogP) is 2.43. The van der Waals surface area contributed by atoms with E-state index in [4.69, 9.17) is 45.5 Å². The van der Waals surface area contributed by atoms with Gasteiger partial charge in [0.05, 0.1) is 29.4 Å². The van der Waals surface area contributed by atoms with Crippen LogP contribution in [0.5, 0.6) is 0 Å². The van der Waals surface area contributed by atoms with Gasteiger partial charge < -0.3 is 32.2 Å². The molecule has 3 aliphatic rings. The highest BCUT2D eigenvalue weighted by Crippen LogP contribution is 2.38. The average Bonchev–Trinajstić information content (AvgIpc) is 3.46. The molecule has 7 nitrogen and oxygen atoms in total. The van der Waals surface area contributed by atoms with Crippen LogP contribution in [0.25, 0.3) is 5.70 Å². The van der Waals surface area contributed by atoms with Crippen molar-refractivity contribution in [2.75, 3.05) is 38.2 Å². The van der Waals surface area contributed by atoms with E-state index >= 15 is 0 Å². The van der Waals surface area contributed by atoms with Crippen LogP contribution < -0.4 is 22.5 Å². The smallest absolute Gasteiger partial charge is 0.205 e. The van der Waals surface area contributed by atoms with Crippen molar-refractivity contribution in [3.63, 3.8) is 0 Å². The van der Waals surface area contributed by atoms with Crippen molar-refractivity contribution in [3.05, 3.63) is 47.8 Å². The highest BCUT2D eigenvalue weighted by Gasteiger charge is 2.36. The Balaban J connectivity index is 0.000000251. The van der Waals surface area contributed by atoms with Gasteiger partial charge in [0.15, 0.2) is 0 Å². The van der Waals surface area contributed by atoms with Gasteiger partial charge in [-0.2, -0.15) is 0 Å². The summed E-state index contributed by atoms with van der Waals surface area (Å²) in [6.07, 6.45) is 10.1. The molecular formula is C27H42B3N5O2. The summed E-state index contributed by atoms with van der Waals surface area (Å²) >= 11 is 0. The molecule has 2 aliphatic heterocycles. The number of carbonyl (C=O) groups is 1. The highest BCUT2D eigenvalue weighted by molar-refractivity contribution is 6.69. The molecular weight excluding hydrogens is 459 g/mol. The van der Waals surface area contributed by atoms with Crippen molar-refractivity contribution >= 4 is 40.8 Å². The summed E-state index contributed by atoms with van der Waals surface area (Å²) in [4.78, 5) is 14.4. The monoisotopic (exact) mass is 501 g/mol. The van der Waals surface area contributed by atoms with Crippen LogP contribution in [-0.4, -0.2) is 67.2 Å². The van der Waals surface area contributed by atoms with Gasteiger partial charge >= 0.3 is 0 Å². The summed E-state index contributed by atoms with van der Waals surface area (Å²) in [5, 5.41) is 0.522. The maximum absolute atomic E-state index is 11.7. The third-order valence-corrected chi connectivity index (χ3v) is 6.99. The molecule has 1 aliphatic carbocycles. The standard InChI is InChI=1S/C13H23NO.C12H13B3N4O.C2H6/c1-2-12-9-14(10-13(12)3-1)8-11-4-6-15-7-5-11;13-12(14,15)11(20)19-9-4-2-1-3-7(9)8(16)5-6-10(17)18;1-2/h11-13H,1-10H2;1-6H,16-18H2,(H,19,20);1-2H3/b;8-5-;. The van der Waals surface area contributed by atoms with Gasteiger partial charge in [-0.15, -0.1) is 0 Å². The zero-order chi connectivity index (χ0) is 27.4. The summed E-state index contributed by atoms with van der Waals surface area (Å²) < 4.78 is 5.42. The van der Waals surface area contributed by atoms with E-state index in [1.165, 1.54) is 63.9 Å². The number of hydrogen-bond donors (Lipinski definition) is 4. The fourth-order valence-corrected chi connectivity index (χ4v) is 5.13. The van der Waals surface area contributed by atoms with E-state index in [1.54, 1.807) is 24.3 Å². The molecule has 4 rings (SSSR count). The predicted molar refractivity (Wildman–Crippen MR) is 156 cm³/mol. The Hall–Kier alpha value is -2.32. The molecule has 2 atom stereocenters. The Morgan fingerprint density at radius 2 is 1.62 bits per heavy atom. The molecule has 2 saturated heterocycles. The normalized spacial score (nSPS) is 22.1. The minimum Gasteiger partial charge on any atom is -0.398 e. The number of ether oxygens (including phenoxy) is 1. The first kappa shape index (κ1) is 30.9. The second kappa shape index (κ2) is 15.2. The summed E-state index contributed by atoms with van der Waals surface area (Å²) in [6.45, 7) is 10.2. The van der Waals surface area contributed by atoms with Gasteiger partial charge in [0.25, 0.3) is 0 Å². The van der Waals surface area contributed by atoms with Crippen LogP contribution in [0.1, 0.15) is 51.5 Å². The number of carbonyl (C=O) groups excluding carboxylic acids is 1. The van der Waals surface area contributed by atoms with Crippen molar-refractivity contribution in [2.24, 2.45) is 35.0 Å². The molecule has 6 radical (unpaired) electrons. The number of amides is 1. The van der Waals surface area contributed by atoms with Crippen molar-refractivity contribution in [1.82, 2.24) is 4.90 Å². The molecule has 1 amide bonds. The molecule has 7 N–H and O–H groups in total. The number of para-hydroxylation sites is 1. The fourth-order valence-electron chi connectivity index (χ4n) is 5.13. The molecule has 1 aromatic rings. The molecule has 196 valence electrons. The largest absolute Gasteiger partial charge is 0.398 e. The average molecular weight is 501 g/mol. The first-order valence-corrected chi connectivity index (χ1v) is 13.4. The number of rotatable bonds is 6. The van der Waals surface area contributed by atoms with E-state index in [9.17, 15) is 4.79 Å². The van der Waals surface area contributed by atoms with Gasteiger partial charge in [-0.3, -0.25) is 4.79 Å². The number of nitrogens with one attached hydrogen (secondary N) is 1. The summed E-state index contributed by atoms with van der Waals surface area (Å²) in [6, 6.07) is 6.80. The van der Waals surface area contributed by atoms with Crippen molar-refractivity contribution < 1.29 is 9.53 Å². The number of likely N-dealkylation sites (tertiary alicyclic amines) is 1. The highest BCUT2D eigenvalue weighted by atomic mass is 16.5. The topological polar surface area (TPSA) is 120 Å². The van der Waals surface area contributed by atoms with Crippen LogP contribution in [0.3, 0.4) is 0 Å². The molecule has 10 heteroatoms. The van der Waals surface area contributed by atoms with Gasteiger partial charge in [0.2, 0.25) is 5.91 Å². The Morgan fingerprint density at radius 1 is 1.03 bits per heavy atom. The third kappa shape index (κ3) is 10.2. The molecule has 37 heavy (non-hydrogen) atoms. The molecule has 1 saturated carbocycles. The van der Waals surface area contributed by atoms with Crippen LogP contribution in [0.15, 0.2) is 42.2 Å². The molecule has 3 fully saturated rings. The molecule has 2 unspecified atom stereocenters. The molecule has 0 aromatic heterocycles. The van der Waals surface area contributed by atoms with E-state index in [1.807, 2.05) is 13.8 Å². The van der Waals surface area contributed by atoms with Crippen LogP contribution in [0.4, 0.5) is 5.69 Å². The lowest BCUT2D eigenvalue weighted by Crippen LogP contribution is -2.31. The van der Waals surface area contributed by atoms with Crippen molar-refractivity contribution in [2.45, 2.75) is 51.1 Å². The number of allylic oxidation sites excluding steroid dienone is 2. The van der Waals surface area contributed by atoms with Gasteiger partial charge in [-0.05, 0) is 61.7 Å². The molecule has 1 aromatic carbocycles. The maximum atomic E-state index is 11.7. The van der Waals surface area contributed by atoms with Gasteiger partial charge in [0, 0.05) is 49.8 Å². The molecule has 0 spiro atoms. The fraction of sp³-hybridized carbons (Fsp3) is 0.593. The zero-order valence-electron chi connectivity index (χ0n) is 22.5. The summed E-state index contributed by atoms with van der Waals surface area (Å²) in [5.74, 6) is 2.42. The Morgan fingerprint density at radius 3 is 2.19 bits per heavy atom. The lowest BCUT2D eigenvalue weighted by atomic mass is 9.42. The zero-order valence-corrected chi connectivity index (χ0v) is 22.5. The number of hydrogen-bond acceptors (Lipinski definition) is 6. The lowest BCUT2D eigenvalue weighted by Gasteiger charge is -2.27. The van der Waals surface area contributed by atoms with Crippen molar-refractivity contribution in [3.8, 4) is 0 Å². The van der Waals surface area contributed by atoms with Crippen molar-refractivity contribution in [1.29, 1.82) is 0 Å². The van der Waals surface area contributed by atoms with E-state index in [0.29, 0.717) is 16.9 Å². The number of nitrogens with zero attached hydrogens (tertiary/aromatic N) is 1. The number of anilines is 1. The number of nitrogens with two attached hydrogens (primary N) is 3. The van der Waals surface area contributed by atoms with E-state index in [-0.39, 0.29) is 5.82 Å². The Bertz CT molecular complexity index is 898. The van der Waals surface area contributed by atoms with Crippen LogP contribution in [0, 0.1) is 17.8 Å². The van der Waals surface area contributed by atoms with E-state index in [2.05, 4.69) is 10.2 Å². The van der Waals surface area contributed by atoms with E-state index < -0.39 is 11.0 Å².